The van der Waals surface area contributed by atoms with E-state index in [0.717, 1.165) is 0 Å². The van der Waals surface area contributed by atoms with Crippen LogP contribution in [0.3, 0.4) is 0 Å². The molecule has 3 rings (SSSR count). The molecule has 2 bridgehead atoms. The van der Waals surface area contributed by atoms with Gasteiger partial charge in [-0.1, -0.05) is 0 Å². The summed E-state index contributed by atoms with van der Waals surface area (Å²) in [5, 5.41) is 0. The first-order chi connectivity index (χ1) is 8.99. The van der Waals surface area contributed by atoms with E-state index in [9.17, 15) is 14.4 Å². The van der Waals surface area contributed by atoms with E-state index in [-0.39, 0.29) is 53.8 Å². The lowest BCUT2D eigenvalue weighted by molar-refractivity contribution is -0.155. The summed E-state index contributed by atoms with van der Waals surface area (Å²) in [5.74, 6) is -1.33. The number of esters is 3. The van der Waals surface area contributed by atoms with Crippen molar-refractivity contribution in [1.29, 1.82) is 0 Å². The maximum absolute atomic E-state index is 11.7. The number of ether oxygens (including phenoxy) is 3. The van der Waals surface area contributed by atoms with Gasteiger partial charge in [-0.05, 0) is 6.42 Å². The Morgan fingerprint density at radius 1 is 1.16 bits per heavy atom. The van der Waals surface area contributed by atoms with Crippen molar-refractivity contribution in [3.63, 3.8) is 0 Å². The minimum Gasteiger partial charge on any atom is -0.465 e. The molecule has 0 aromatic rings. The van der Waals surface area contributed by atoms with Gasteiger partial charge in [-0.3, -0.25) is 14.4 Å². The van der Waals surface area contributed by atoms with Gasteiger partial charge in [-0.2, -0.15) is 0 Å². The average molecular weight is 268 g/mol. The molecule has 1 heterocycles. The Bertz CT molecular complexity index is 444. The summed E-state index contributed by atoms with van der Waals surface area (Å²) in [6.45, 7) is 3.05. The van der Waals surface area contributed by atoms with Crippen LogP contribution in [0, 0.1) is 23.7 Å². The van der Waals surface area contributed by atoms with Gasteiger partial charge < -0.3 is 14.2 Å². The van der Waals surface area contributed by atoms with Gasteiger partial charge in [-0.25, -0.2) is 0 Å². The fourth-order valence-corrected chi connectivity index (χ4v) is 4.02. The third kappa shape index (κ3) is 1.81. The van der Waals surface area contributed by atoms with E-state index in [0.29, 0.717) is 13.0 Å². The van der Waals surface area contributed by atoms with Crippen LogP contribution in [0.15, 0.2) is 0 Å². The molecule has 19 heavy (non-hydrogen) atoms. The molecule has 6 heteroatoms. The number of hydrogen-bond acceptors (Lipinski definition) is 6. The van der Waals surface area contributed by atoms with Crippen molar-refractivity contribution in [2.75, 3.05) is 6.61 Å². The summed E-state index contributed by atoms with van der Waals surface area (Å²) in [6, 6.07) is 0. The Morgan fingerprint density at radius 3 is 2.47 bits per heavy atom. The molecule has 3 aliphatic rings. The molecule has 6 atom stereocenters. The van der Waals surface area contributed by atoms with Gasteiger partial charge in [0.2, 0.25) is 0 Å². The molecule has 2 saturated carbocycles. The zero-order valence-corrected chi connectivity index (χ0v) is 10.8. The second-order valence-corrected chi connectivity index (χ2v) is 5.52. The number of carbonyl (C=O) groups is 3. The Morgan fingerprint density at radius 2 is 1.84 bits per heavy atom. The summed E-state index contributed by atoms with van der Waals surface area (Å²) in [7, 11) is 0. The van der Waals surface area contributed by atoms with Crippen LogP contribution in [0.25, 0.3) is 0 Å². The van der Waals surface area contributed by atoms with E-state index in [2.05, 4.69) is 0 Å². The van der Waals surface area contributed by atoms with Crippen molar-refractivity contribution in [3.05, 3.63) is 0 Å². The van der Waals surface area contributed by atoms with Crippen LogP contribution in [0.5, 0.6) is 0 Å². The first kappa shape index (κ1) is 12.4. The van der Waals surface area contributed by atoms with Gasteiger partial charge in [0.15, 0.2) is 0 Å². The lowest BCUT2D eigenvalue weighted by Gasteiger charge is -2.27. The monoisotopic (exact) mass is 268 g/mol. The fraction of sp³-hybridized carbons (Fsp3) is 0.769. The van der Waals surface area contributed by atoms with Crippen molar-refractivity contribution < 1.29 is 28.6 Å². The van der Waals surface area contributed by atoms with Crippen LogP contribution in [-0.2, 0) is 28.6 Å². The highest BCUT2D eigenvalue weighted by Gasteiger charge is 2.66. The summed E-state index contributed by atoms with van der Waals surface area (Å²) >= 11 is 0. The second kappa shape index (κ2) is 4.21. The Kier molecular flexibility index (Phi) is 2.76. The minimum absolute atomic E-state index is 0.0000463. The molecule has 1 saturated heterocycles. The van der Waals surface area contributed by atoms with E-state index in [1.807, 2.05) is 0 Å². The van der Waals surface area contributed by atoms with Crippen LogP contribution in [-0.4, -0.2) is 36.7 Å². The molecular formula is C13H16O6. The number of cyclic esters (lactones) is 1. The van der Waals surface area contributed by atoms with Gasteiger partial charge in [0, 0.05) is 31.6 Å². The van der Waals surface area contributed by atoms with Gasteiger partial charge in [0.25, 0.3) is 0 Å². The van der Waals surface area contributed by atoms with Crippen molar-refractivity contribution in [2.45, 2.75) is 32.5 Å². The molecule has 104 valence electrons. The van der Waals surface area contributed by atoms with Gasteiger partial charge in [-0.15, -0.1) is 0 Å². The molecule has 3 fully saturated rings. The third-order valence-electron chi connectivity index (χ3n) is 4.46. The van der Waals surface area contributed by atoms with Crippen LogP contribution >= 0.6 is 0 Å². The highest BCUT2D eigenvalue weighted by atomic mass is 16.6. The molecule has 0 aromatic carbocycles. The van der Waals surface area contributed by atoms with Crippen molar-refractivity contribution in [1.82, 2.24) is 0 Å². The van der Waals surface area contributed by atoms with E-state index in [4.69, 9.17) is 14.2 Å². The van der Waals surface area contributed by atoms with Gasteiger partial charge in [0.1, 0.15) is 12.2 Å². The lowest BCUT2D eigenvalue weighted by atomic mass is 9.80. The number of rotatable bonds is 2. The SMILES string of the molecule is CC(=O)O[C@H]1[C@@H]2C[C@H](OC(C)=O)[C@H]1[C@@H]1COC(=O)[C@H]12. The zero-order chi connectivity index (χ0) is 13.7. The van der Waals surface area contributed by atoms with Crippen molar-refractivity contribution >= 4 is 17.9 Å². The second-order valence-electron chi connectivity index (χ2n) is 5.52. The summed E-state index contributed by atoms with van der Waals surface area (Å²) < 4.78 is 15.7. The molecule has 6 nitrogen and oxygen atoms in total. The van der Waals surface area contributed by atoms with Crippen LogP contribution in [0.1, 0.15) is 20.3 Å². The fourth-order valence-electron chi connectivity index (χ4n) is 4.02. The minimum atomic E-state index is -0.364. The molecule has 2 aliphatic carbocycles. The van der Waals surface area contributed by atoms with Gasteiger partial charge >= 0.3 is 17.9 Å². The average Bonchev–Trinajstić information content (AvgIpc) is 2.89. The highest BCUT2D eigenvalue weighted by Crippen LogP contribution is 2.57. The van der Waals surface area contributed by atoms with E-state index < -0.39 is 0 Å². The normalized spacial score (nSPS) is 42.7. The molecule has 0 N–H and O–H groups in total. The van der Waals surface area contributed by atoms with E-state index >= 15 is 0 Å². The lowest BCUT2D eigenvalue weighted by Crippen LogP contribution is -2.35. The predicted octanol–water partition coefficient (Wildman–Crippen LogP) is 0.289. The quantitative estimate of drug-likeness (QED) is 0.529. The zero-order valence-electron chi connectivity index (χ0n) is 10.8. The molecule has 0 spiro atoms. The maximum atomic E-state index is 11.7. The maximum Gasteiger partial charge on any atom is 0.309 e. The van der Waals surface area contributed by atoms with Crippen LogP contribution in [0.4, 0.5) is 0 Å². The Labute approximate surface area is 110 Å². The molecular weight excluding hydrogens is 252 g/mol. The van der Waals surface area contributed by atoms with Crippen molar-refractivity contribution in [3.8, 4) is 0 Å². The summed E-state index contributed by atoms with van der Waals surface area (Å²) in [4.78, 5) is 34.1. The number of hydrogen-bond donors (Lipinski definition) is 0. The molecule has 0 amide bonds. The standard InChI is InChI=1S/C13H16O6/c1-5(14)18-9-3-7-10-8(4-17-13(10)16)11(9)12(7)19-6(2)15/h7-12H,3-4H2,1-2H3/t7-,8-,9+,10+,11-,12+/m1/s1. The van der Waals surface area contributed by atoms with Crippen LogP contribution < -0.4 is 0 Å². The number of fused-ring (bicyclic) bond motifs is 5. The molecule has 0 unspecified atom stereocenters. The largest absolute Gasteiger partial charge is 0.465 e. The Hall–Kier alpha value is -1.59. The van der Waals surface area contributed by atoms with E-state index in [1.165, 1.54) is 13.8 Å². The van der Waals surface area contributed by atoms with Crippen LogP contribution in [0.2, 0.25) is 0 Å². The topological polar surface area (TPSA) is 78.9 Å². The highest BCUT2D eigenvalue weighted by molar-refractivity contribution is 5.77. The first-order valence-electron chi connectivity index (χ1n) is 6.50. The molecule has 1 aliphatic heterocycles. The Balaban J connectivity index is 1.85. The third-order valence-corrected chi connectivity index (χ3v) is 4.46. The van der Waals surface area contributed by atoms with Crippen molar-refractivity contribution in [2.24, 2.45) is 23.7 Å². The molecule has 0 aromatic heterocycles. The summed E-state index contributed by atoms with van der Waals surface area (Å²) in [5.41, 5.74) is 0. The van der Waals surface area contributed by atoms with Gasteiger partial charge in [0.05, 0.1) is 12.5 Å². The van der Waals surface area contributed by atoms with E-state index in [1.54, 1.807) is 0 Å². The predicted molar refractivity (Wildman–Crippen MR) is 60.6 cm³/mol. The number of carbonyl (C=O) groups excluding carboxylic acids is 3. The molecule has 0 radical (unpaired) electrons. The smallest absolute Gasteiger partial charge is 0.309 e. The first-order valence-corrected chi connectivity index (χ1v) is 6.50. The summed E-state index contributed by atoms with van der Waals surface area (Å²) in [6.07, 6.45) is -0.0364.